The van der Waals surface area contributed by atoms with Crippen molar-refractivity contribution < 1.29 is 10.0 Å². The SMILES string of the molecule is CC(C)(C)c1ccc(Nc2cc(N(c3ccccc3)c3ccccc3)ccc2B(O)O)cc1. The van der Waals surface area contributed by atoms with Crippen LogP contribution in [0.15, 0.2) is 103 Å². The molecule has 0 amide bonds. The van der Waals surface area contributed by atoms with E-state index in [4.69, 9.17) is 0 Å². The van der Waals surface area contributed by atoms with Gasteiger partial charge >= 0.3 is 7.12 Å². The zero-order valence-corrected chi connectivity index (χ0v) is 19.2. The maximum absolute atomic E-state index is 10.00. The van der Waals surface area contributed by atoms with E-state index in [9.17, 15) is 10.0 Å². The molecule has 0 heterocycles. The zero-order chi connectivity index (χ0) is 23.4. The van der Waals surface area contributed by atoms with Gasteiger partial charge in [-0.05, 0) is 59.5 Å². The molecule has 166 valence electrons. The lowest BCUT2D eigenvalue weighted by Gasteiger charge is -2.26. The van der Waals surface area contributed by atoms with E-state index >= 15 is 0 Å². The highest BCUT2D eigenvalue weighted by atomic mass is 16.4. The van der Waals surface area contributed by atoms with Gasteiger partial charge in [0.25, 0.3) is 0 Å². The van der Waals surface area contributed by atoms with E-state index in [1.165, 1.54) is 5.56 Å². The average Bonchev–Trinajstić information content (AvgIpc) is 2.80. The molecular formula is C28H29BN2O2. The molecule has 5 heteroatoms. The third-order valence-electron chi connectivity index (χ3n) is 5.63. The Morgan fingerprint density at radius 2 is 1.21 bits per heavy atom. The minimum atomic E-state index is -1.59. The number of anilines is 5. The first-order valence-corrected chi connectivity index (χ1v) is 11.1. The van der Waals surface area contributed by atoms with Crippen LogP contribution in [-0.2, 0) is 5.41 Å². The van der Waals surface area contributed by atoms with Crippen LogP contribution in [0.3, 0.4) is 0 Å². The van der Waals surface area contributed by atoms with Crippen molar-refractivity contribution in [3.8, 4) is 0 Å². The van der Waals surface area contributed by atoms with Crippen molar-refractivity contribution in [2.24, 2.45) is 0 Å². The van der Waals surface area contributed by atoms with Crippen molar-refractivity contribution in [2.45, 2.75) is 26.2 Å². The molecule has 0 aliphatic rings. The number of nitrogens with zero attached hydrogens (tertiary/aromatic N) is 1. The van der Waals surface area contributed by atoms with Gasteiger partial charge in [-0.2, -0.15) is 0 Å². The summed E-state index contributed by atoms with van der Waals surface area (Å²) in [7, 11) is -1.59. The first kappa shape index (κ1) is 22.7. The fraction of sp³-hybridized carbons (Fsp3) is 0.143. The molecular weight excluding hydrogens is 407 g/mol. The molecule has 4 aromatic rings. The van der Waals surface area contributed by atoms with Crippen molar-refractivity contribution >= 4 is 41.0 Å². The van der Waals surface area contributed by atoms with Crippen LogP contribution in [-0.4, -0.2) is 17.2 Å². The van der Waals surface area contributed by atoms with E-state index in [1.807, 2.05) is 60.7 Å². The number of hydrogen-bond acceptors (Lipinski definition) is 4. The summed E-state index contributed by atoms with van der Waals surface area (Å²) in [6.45, 7) is 6.54. The second-order valence-corrected chi connectivity index (χ2v) is 9.10. The van der Waals surface area contributed by atoms with Crippen LogP contribution in [0.4, 0.5) is 28.4 Å². The molecule has 0 unspecified atom stereocenters. The van der Waals surface area contributed by atoms with Gasteiger partial charge in [0.1, 0.15) is 0 Å². The predicted octanol–water partition coefficient (Wildman–Crippen LogP) is 5.88. The Balaban J connectivity index is 1.76. The number of benzene rings is 4. The lowest BCUT2D eigenvalue weighted by atomic mass is 9.78. The molecule has 3 N–H and O–H groups in total. The van der Waals surface area contributed by atoms with E-state index < -0.39 is 7.12 Å². The summed E-state index contributed by atoms with van der Waals surface area (Å²) < 4.78 is 0. The molecule has 0 aromatic heterocycles. The van der Waals surface area contributed by atoms with Gasteiger partial charge in [0.05, 0.1) is 0 Å². The zero-order valence-electron chi connectivity index (χ0n) is 19.2. The van der Waals surface area contributed by atoms with E-state index in [-0.39, 0.29) is 5.41 Å². The van der Waals surface area contributed by atoms with Gasteiger partial charge in [-0.15, -0.1) is 0 Å². The van der Waals surface area contributed by atoms with Crippen molar-refractivity contribution in [1.82, 2.24) is 0 Å². The molecule has 0 atom stereocenters. The lowest BCUT2D eigenvalue weighted by molar-refractivity contribution is 0.426. The minimum Gasteiger partial charge on any atom is -0.423 e. The summed E-state index contributed by atoms with van der Waals surface area (Å²) >= 11 is 0. The summed E-state index contributed by atoms with van der Waals surface area (Å²) in [5, 5.41) is 23.4. The molecule has 4 aromatic carbocycles. The smallest absolute Gasteiger partial charge is 0.423 e. The third-order valence-corrected chi connectivity index (χ3v) is 5.63. The van der Waals surface area contributed by atoms with Gasteiger partial charge in [0.2, 0.25) is 0 Å². The van der Waals surface area contributed by atoms with E-state index in [0.717, 1.165) is 22.7 Å². The van der Waals surface area contributed by atoms with Crippen LogP contribution in [0.2, 0.25) is 0 Å². The fourth-order valence-electron chi connectivity index (χ4n) is 3.83. The second kappa shape index (κ2) is 9.53. The molecule has 4 rings (SSSR count). The summed E-state index contributed by atoms with van der Waals surface area (Å²) in [5.74, 6) is 0. The first-order chi connectivity index (χ1) is 15.8. The Labute approximate surface area is 196 Å². The largest absolute Gasteiger partial charge is 0.490 e. The summed E-state index contributed by atoms with van der Waals surface area (Å²) in [6.07, 6.45) is 0. The maximum atomic E-state index is 10.00. The topological polar surface area (TPSA) is 55.7 Å². The second-order valence-electron chi connectivity index (χ2n) is 9.10. The molecule has 0 saturated carbocycles. The first-order valence-electron chi connectivity index (χ1n) is 11.1. The number of nitrogens with one attached hydrogen (secondary N) is 1. The lowest BCUT2D eigenvalue weighted by Crippen LogP contribution is -2.32. The fourth-order valence-corrected chi connectivity index (χ4v) is 3.83. The number of rotatable bonds is 6. The molecule has 0 bridgehead atoms. The van der Waals surface area contributed by atoms with Crippen LogP contribution < -0.4 is 15.7 Å². The predicted molar refractivity (Wildman–Crippen MR) is 139 cm³/mol. The number of hydrogen-bond donors (Lipinski definition) is 3. The van der Waals surface area contributed by atoms with Gasteiger partial charge in [0.15, 0.2) is 0 Å². The molecule has 0 aliphatic heterocycles. The molecule has 33 heavy (non-hydrogen) atoms. The third kappa shape index (κ3) is 5.28. The quantitative estimate of drug-likeness (QED) is 0.331. The monoisotopic (exact) mass is 436 g/mol. The Morgan fingerprint density at radius 3 is 1.70 bits per heavy atom. The summed E-state index contributed by atoms with van der Waals surface area (Å²) in [4.78, 5) is 2.14. The maximum Gasteiger partial charge on any atom is 0.490 e. The van der Waals surface area contributed by atoms with Gasteiger partial charge < -0.3 is 20.3 Å². The van der Waals surface area contributed by atoms with Crippen LogP contribution in [0.5, 0.6) is 0 Å². The molecule has 0 aliphatic carbocycles. The van der Waals surface area contributed by atoms with Crippen LogP contribution in [0.25, 0.3) is 0 Å². The molecule has 0 spiro atoms. The molecule has 0 radical (unpaired) electrons. The highest BCUT2D eigenvalue weighted by Gasteiger charge is 2.20. The molecule has 4 nitrogen and oxygen atoms in total. The highest BCUT2D eigenvalue weighted by Crippen LogP contribution is 2.35. The van der Waals surface area contributed by atoms with Crippen LogP contribution in [0, 0.1) is 0 Å². The van der Waals surface area contributed by atoms with Gasteiger partial charge in [-0.3, -0.25) is 0 Å². The molecule has 0 fully saturated rings. The van der Waals surface area contributed by atoms with E-state index in [1.54, 1.807) is 6.07 Å². The van der Waals surface area contributed by atoms with E-state index in [2.05, 4.69) is 67.4 Å². The Hall–Kier alpha value is -3.54. The van der Waals surface area contributed by atoms with Crippen molar-refractivity contribution in [3.05, 3.63) is 109 Å². The molecule has 0 saturated heterocycles. The van der Waals surface area contributed by atoms with Gasteiger partial charge in [-0.25, -0.2) is 0 Å². The average molecular weight is 436 g/mol. The highest BCUT2D eigenvalue weighted by molar-refractivity contribution is 6.60. The van der Waals surface area contributed by atoms with Crippen LogP contribution in [0.1, 0.15) is 26.3 Å². The number of para-hydroxylation sites is 2. The van der Waals surface area contributed by atoms with Gasteiger partial charge in [-0.1, -0.05) is 75.4 Å². The minimum absolute atomic E-state index is 0.0662. The van der Waals surface area contributed by atoms with Crippen LogP contribution >= 0.6 is 0 Å². The standard InChI is InChI=1S/C28H29BN2O2/c1-28(2,3)21-14-16-22(17-15-21)30-27-20-25(18-19-26(27)29(32)33)31(23-10-6-4-7-11-23)24-12-8-5-9-13-24/h4-20,30,32-33H,1-3H3. The van der Waals surface area contributed by atoms with Crippen molar-refractivity contribution in [2.75, 3.05) is 10.2 Å². The van der Waals surface area contributed by atoms with E-state index in [0.29, 0.717) is 11.2 Å². The summed E-state index contributed by atoms with van der Waals surface area (Å²) in [6, 6.07) is 34.1. The Morgan fingerprint density at radius 1 is 0.667 bits per heavy atom. The normalized spacial score (nSPS) is 11.2. The van der Waals surface area contributed by atoms with Gasteiger partial charge in [0, 0.05) is 33.9 Å². The summed E-state index contributed by atoms with van der Waals surface area (Å²) in [5.41, 5.74) is 6.18. The van der Waals surface area contributed by atoms with Crippen molar-refractivity contribution in [1.29, 1.82) is 0 Å². The van der Waals surface area contributed by atoms with Crippen molar-refractivity contribution in [3.63, 3.8) is 0 Å². The Bertz CT molecular complexity index is 1150. The Kier molecular flexibility index (Phi) is 6.54.